The van der Waals surface area contributed by atoms with Gasteiger partial charge in [0.1, 0.15) is 0 Å². The van der Waals surface area contributed by atoms with E-state index in [-0.39, 0.29) is 0 Å². The number of anilines is 1. The molecule has 1 unspecified atom stereocenters. The lowest BCUT2D eigenvalue weighted by molar-refractivity contribution is 0.0975. The zero-order valence-electron chi connectivity index (χ0n) is 9.82. The molecule has 0 aliphatic carbocycles. The van der Waals surface area contributed by atoms with Gasteiger partial charge in [0.2, 0.25) is 0 Å². The Balaban J connectivity index is 1.73. The Bertz CT molecular complexity index is 369. The Kier molecular flexibility index (Phi) is 2.56. The number of pyridine rings is 1. The molecular weight excluding hydrogens is 198 g/mol. The molecule has 3 nitrogen and oxygen atoms in total. The van der Waals surface area contributed by atoms with Crippen LogP contribution in [0.15, 0.2) is 18.3 Å². The largest absolute Gasteiger partial charge is 0.379 e. The number of aromatic nitrogens is 1. The second-order valence-electron chi connectivity index (χ2n) is 5.03. The SMILES string of the molecule is Cc1ncccc1NC1CN2CCC1CC2. The predicted molar refractivity (Wildman–Crippen MR) is 65.5 cm³/mol. The van der Waals surface area contributed by atoms with Gasteiger partial charge in [-0.2, -0.15) is 0 Å². The van der Waals surface area contributed by atoms with Crippen LogP contribution in [-0.2, 0) is 0 Å². The lowest BCUT2D eigenvalue weighted by atomic mass is 9.84. The van der Waals surface area contributed by atoms with Gasteiger partial charge in [0.05, 0.1) is 11.4 Å². The van der Waals surface area contributed by atoms with Crippen molar-refractivity contribution in [2.45, 2.75) is 25.8 Å². The van der Waals surface area contributed by atoms with E-state index in [1.807, 2.05) is 12.3 Å². The molecule has 3 aliphatic heterocycles. The van der Waals surface area contributed by atoms with E-state index in [4.69, 9.17) is 0 Å². The number of hydrogen-bond acceptors (Lipinski definition) is 3. The summed E-state index contributed by atoms with van der Waals surface area (Å²) in [7, 11) is 0. The number of piperidine rings is 3. The Morgan fingerprint density at radius 3 is 2.81 bits per heavy atom. The molecule has 2 bridgehead atoms. The highest BCUT2D eigenvalue weighted by atomic mass is 15.2. The van der Waals surface area contributed by atoms with Gasteiger partial charge >= 0.3 is 0 Å². The van der Waals surface area contributed by atoms with Gasteiger partial charge in [-0.05, 0) is 50.9 Å². The van der Waals surface area contributed by atoms with Gasteiger partial charge in [0.15, 0.2) is 0 Å². The summed E-state index contributed by atoms with van der Waals surface area (Å²) in [5.41, 5.74) is 2.32. The minimum absolute atomic E-state index is 0.630. The Hall–Kier alpha value is -1.09. The van der Waals surface area contributed by atoms with Crippen LogP contribution in [-0.4, -0.2) is 35.6 Å². The van der Waals surface area contributed by atoms with Crippen molar-refractivity contribution in [2.24, 2.45) is 5.92 Å². The highest BCUT2D eigenvalue weighted by Gasteiger charge is 2.33. The van der Waals surface area contributed by atoms with Gasteiger partial charge in [-0.3, -0.25) is 4.98 Å². The summed E-state index contributed by atoms with van der Waals surface area (Å²) in [5, 5.41) is 3.68. The number of fused-ring (bicyclic) bond motifs is 3. The van der Waals surface area contributed by atoms with Crippen molar-refractivity contribution < 1.29 is 0 Å². The molecule has 4 rings (SSSR count). The third kappa shape index (κ3) is 1.80. The molecule has 16 heavy (non-hydrogen) atoms. The zero-order chi connectivity index (χ0) is 11.0. The van der Waals surface area contributed by atoms with Crippen molar-refractivity contribution in [1.82, 2.24) is 9.88 Å². The van der Waals surface area contributed by atoms with Crippen molar-refractivity contribution in [2.75, 3.05) is 25.0 Å². The highest BCUT2D eigenvalue weighted by molar-refractivity contribution is 5.47. The van der Waals surface area contributed by atoms with E-state index >= 15 is 0 Å². The van der Waals surface area contributed by atoms with Crippen molar-refractivity contribution in [3.05, 3.63) is 24.0 Å². The molecule has 0 radical (unpaired) electrons. The van der Waals surface area contributed by atoms with Crippen LogP contribution in [0.2, 0.25) is 0 Å². The van der Waals surface area contributed by atoms with Crippen LogP contribution in [0.4, 0.5) is 5.69 Å². The zero-order valence-corrected chi connectivity index (χ0v) is 9.82. The Morgan fingerprint density at radius 2 is 2.19 bits per heavy atom. The van der Waals surface area contributed by atoms with Crippen molar-refractivity contribution in [3.8, 4) is 0 Å². The Morgan fingerprint density at radius 1 is 1.38 bits per heavy atom. The van der Waals surface area contributed by atoms with Crippen LogP contribution in [0, 0.1) is 12.8 Å². The summed E-state index contributed by atoms with van der Waals surface area (Å²) < 4.78 is 0. The van der Waals surface area contributed by atoms with Gasteiger partial charge in [0.25, 0.3) is 0 Å². The lowest BCUT2D eigenvalue weighted by Gasteiger charge is -2.45. The molecule has 3 heteroatoms. The summed E-state index contributed by atoms with van der Waals surface area (Å²) in [5.74, 6) is 0.865. The molecule has 1 N–H and O–H groups in total. The summed E-state index contributed by atoms with van der Waals surface area (Å²) in [6.07, 6.45) is 4.57. The van der Waals surface area contributed by atoms with Crippen molar-refractivity contribution in [3.63, 3.8) is 0 Å². The summed E-state index contributed by atoms with van der Waals surface area (Å²) in [4.78, 5) is 6.90. The Labute approximate surface area is 96.9 Å². The molecule has 86 valence electrons. The fourth-order valence-electron chi connectivity index (χ4n) is 2.97. The van der Waals surface area contributed by atoms with Crippen LogP contribution < -0.4 is 5.32 Å². The molecule has 0 amide bonds. The van der Waals surface area contributed by atoms with Crippen LogP contribution in [0.1, 0.15) is 18.5 Å². The van der Waals surface area contributed by atoms with Crippen LogP contribution in [0.25, 0.3) is 0 Å². The number of hydrogen-bond donors (Lipinski definition) is 1. The number of nitrogens with zero attached hydrogens (tertiary/aromatic N) is 2. The van der Waals surface area contributed by atoms with Crippen molar-refractivity contribution >= 4 is 5.69 Å². The molecule has 4 heterocycles. The maximum absolute atomic E-state index is 4.33. The number of nitrogens with one attached hydrogen (secondary N) is 1. The van der Waals surface area contributed by atoms with E-state index in [0.29, 0.717) is 6.04 Å². The first-order valence-electron chi connectivity index (χ1n) is 6.23. The molecule has 3 saturated heterocycles. The van der Waals surface area contributed by atoms with Crippen molar-refractivity contribution in [1.29, 1.82) is 0 Å². The maximum atomic E-state index is 4.33. The molecule has 1 aromatic rings. The van der Waals surface area contributed by atoms with E-state index in [1.54, 1.807) is 0 Å². The first kappa shape index (κ1) is 10.1. The van der Waals surface area contributed by atoms with Gasteiger partial charge < -0.3 is 10.2 Å². The first-order chi connectivity index (χ1) is 7.83. The average molecular weight is 217 g/mol. The van der Waals surface area contributed by atoms with E-state index in [9.17, 15) is 0 Å². The average Bonchev–Trinajstić information content (AvgIpc) is 2.34. The fraction of sp³-hybridized carbons (Fsp3) is 0.615. The third-order valence-corrected chi connectivity index (χ3v) is 4.00. The minimum atomic E-state index is 0.630. The summed E-state index contributed by atoms with van der Waals surface area (Å²) >= 11 is 0. The van der Waals surface area contributed by atoms with E-state index in [1.165, 1.54) is 38.2 Å². The lowest BCUT2D eigenvalue weighted by Crippen LogP contribution is -2.53. The summed E-state index contributed by atoms with van der Waals surface area (Å²) in [6, 6.07) is 4.78. The van der Waals surface area contributed by atoms with Crippen LogP contribution in [0.5, 0.6) is 0 Å². The molecular formula is C13H19N3. The van der Waals surface area contributed by atoms with Gasteiger partial charge in [-0.25, -0.2) is 0 Å². The van der Waals surface area contributed by atoms with Crippen LogP contribution >= 0.6 is 0 Å². The maximum Gasteiger partial charge on any atom is 0.0603 e. The van der Waals surface area contributed by atoms with Gasteiger partial charge in [0, 0.05) is 18.8 Å². The predicted octanol–water partition coefficient (Wildman–Crippen LogP) is 1.90. The molecule has 0 spiro atoms. The number of aryl methyl sites for hydroxylation is 1. The molecule has 1 atom stereocenters. The van der Waals surface area contributed by atoms with E-state index in [2.05, 4.69) is 28.2 Å². The molecule has 0 saturated carbocycles. The smallest absolute Gasteiger partial charge is 0.0603 e. The quantitative estimate of drug-likeness (QED) is 0.820. The molecule has 3 fully saturated rings. The molecule has 0 aromatic carbocycles. The summed E-state index contributed by atoms with van der Waals surface area (Å²) in [6.45, 7) is 5.88. The van der Waals surface area contributed by atoms with E-state index < -0.39 is 0 Å². The number of rotatable bonds is 2. The second-order valence-corrected chi connectivity index (χ2v) is 5.03. The second kappa shape index (κ2) is 4.06. The van der Waals surface area contributed by atoms with E-state index in [0.717, 1.165) is 11.6 Å². The van der Waals surface area contributed by atoms with Crippen LogP contribution in [0.3, 0.4) is 0 Å². The molecule has 1 aromatic heterocycles. The minimum Gasteiger partial charge on any atom is -0.379 e. The first-order valence-corrected chi connectivity index (χ1v) is 6.23. The molecule has 3 aliphatic rings. The normalized spacial score (nSPS) is 32.7. The van der Waals surface area contributed by atoms with Gasteiger partial charge in [-0.15, -0.1) is 0 Å². The third-order valence-electron chi connectivity index (χ3n) is 4.00. The highest BCUT2D eigenvalue weighted by Crippen LogP contribution is 2.30. The monoisotopic (exact) mass is 217 g/mol. The topological polar surface area (TPSA) is 28.2 Å². The standard InChI is InChI=1S/C13H19N3/c1-10-12(3-2-6-14-10)15-13-9-16-7-4-11(13)5-8-16/h2-3,6,11,13,15H,4-5,7-9H2,1H3. The van der Waals surface area contributed by atoms with Gasteiger partial charge in [-0.1, -0.05) is 0 Å². The fourth-order valence-corrected chi connectivity index (χ4v) is 2.97.